The molecule has 0 saturated carbocycles. The van der Waals surface area contributed by atoms with Gasteiger partial charge in [-0.25, -0.2) is 4.79 Å². The van der Waals surface area contributed by atoms with E-state index in [-0.39, 0.29) is 6.03 Å². The third kappa shape index (κ3) is 4.35. The van der Waals surface area contributed by atoms with Crippen molar-refractivity contribution in [2.45, 2.75) is 45.8 Å². The first-order valence-corrected chi connectivity index (χ1v) is 9.26. The van der Waals surface area contributed by atoms with E-state index in [1.54, 1.807) is 16.7 Å². The van der Waals surface area contributed by atoms with E-state index in [9.17, 15) is 4.79 Å². The van der Waals surface area contributed by atoms with Gasteiger partial charge in [-0.1, -0.05) is 13.3 Å². The molecule has 146 valence electrons. The fourth-order valence-corrected chi connectivity index (χ4v) is 3.29. The minimum Gasteiger partial charge on any atom is -0.497 e. The zero-order chi connectivity index (χ0) is 19.6. The molecule has 0 unspecified atom stereocenters. The molecule has 0 radical (unpaired) electrons. The molecule has 27 heavy (non-hydrogen) atoms. The van der Waals surface area contributed by atoms with Crippen LogP contribution in [0.2, 0.25) is 0 Å². The van der Waals surface area contributed by atoms with Crippen molar-refractivity contribution in [1.82, 2.24) is 14.7 Å². The second-order valence-corrected chi connectivity index (χ2v) is 7.52. The molecule has 1 N–H and O–H groups in total. The Hall–Kier alpha value is -2.70. The number of ether oxygens (including phenoxy) is 2. The van der Waals surface area contributed by atoms with Crippen LogP contribution in [0.5, 0.6) is 11.5 Å². The van der Waals surface area contributed by atoms with Crippen LogP contribution in [0.3, 0.4) is 0 Å². The Balaban J connectivity index is 1.81. The summed E-state index contributed by atoms with van der Waals surface area (Å²) in [4.78, 5) is 14.7. The van der Waals surface area contributed by atoms with Crippen molar-refractivity contribution in [1.29, 1.82) is 0 Å². The van der Waals surface area contributed by atoms with Gasteiger partial charge in [-0.05, 0) is 32.4 Å². The maximum absolute atomic E-state index is 13.0. The molecular formula is C20H28N4O3. The van der Waals surface area contributed by atoms with Gasteiger partial charge in [0.2, 0.25) is 0 Å². The van der Waals surface area contributed by atoms with Crippen LogP contribution >= 0.6 is 0 Å². The second-order valence-electron chi connectivity index (χ2n) is 7.52. The number of aromatic nitrogens is 2. The van der Waals surface area contributed by atoms with Crippen LogP contribution in [0.4, 0.5) is 10.6 Å². The standard InChI is InChI=1S/C20H28N4O3/c1-6-7-15-10-18(23(4)22-15)21-19(25)24-12-14-8-9-16(26-5)11-17(14)27-20(2,3)13-24/h8-11H,6-7,12-13H2,1-5H3,(H,21,25). The highest BCUT2D eigenvalue weighted by molar-refractivity contribution is 5.88. The maximum Gasteiger partial charge on any atom is 0.323 e. The summed E-state index contributed by atoms with van der Waals surface area (Å²) in [6, 6.07) is 7.46. The van der Waals surface area contributed by atoms with Gasteiger partial charge in [-0.3, -0.25) is 10.00 Å². The van der Waals surface area contributed by atoms with Gasteiger partial charge in [0.1, 0.15) is 22.9 Å². The normalized spacial score (nSPS) is 15.5. The van der Waals surface area contributed by atoms with Crippen LogP contribution in [0.25, 0.3) is 0 Å². The molecule has 1 aliphatic rings. The molecule has 0 spiro atoms. The molecule has 0 bridgehead atoms. The lowest BCUT2D eigenvalue weighted by Crippen LogP contribution is -2.45. The van der Waals surface area contributed by atoms with Gasteiger partial charge in [0.05, 0.1) is 25.9 Å². The summed E-state index contributed by atoms with van der Waals surface area (Å²) in [6.45, 7) is 7.00. The first-order chi connectivity index (χ1) is 12.8. The molecule has 0 saturated heterocycles. The second kappa shape index (κ2) is 7.50. The Morgan fingerprint density at radius 2 is 2.15 bits per heavy atom. The Labute approximate surface area is 160 Å². The summed E-state index contributed by atoms with van der Waals surface area (Å²) < 4.78 is 13.2. The Bertz CT molecular complexity index is 829. The van der Waals surface area contributed by atoms with Gasteiger partial charge < -0.3 is 14.4 Å². The minimum absolute atomic E-state index is 0.165. The van der Waals surface area contributed by atoms with Crippen LogP contribution in [0, 0.1) is 0 Å². The number of carbonyl (C=O) groups excluding carboxylic acids is 1. The Morgan fingerprint density at radius 3 is 2.85 bits per heavy atom. The number of carbonyl (C=O) groups is 1. The van der Waals surface area contributed by atoms with Crippen molar-refractivity contribution < 1.29 is 14.3 Å². The number of urea groups is 1. The number of hydrogen-bond donors (Lipinski definition) is 1. The van der Waals surface area contributed by atoms with E-state index >= 15 is 0 Å². The lowest BCUT2D eigenvalue weighted by atomic mass is 10.1. The minimum atomic E-state index is -0.519. The number of nitrogens with one attached hydrogen (secondary N) is 1. The van der Waals surface area contributed by atoms with Gasteiger partial charge in [-0.2, -0.15) is 5.10 Å². The molecule has 0 atom stereocenters. The molecule has 1 aromatic heterocycles. The van der Waals surface area contributed by atoms with Gasteiger partial charge in [0.15, 0.2) is 0 Å². The summed E-state index contributed by atoms with van der Waals surface area (Å²) in [6.07, 6.45) is 1.91. The maximum atomic E-state index is 13.0. The van der Waals surface area contributed by atoms with Crippen molar-refractivity contribution in [2.24, 2.45) is 7.05 Å². The molecule has 2 aromatic rings. The van der Waals surface area contributed by atoms with Crippen molar-refractivity contribution in [3.8, 4) is 11.5 Å². The lowest BCUT2D eigenvalue weighted by Gasteiger charge is -2.29. The van der Waals surface area contributed by atoms with Crippen LogP contribution in [-0.2, 0) is 20.0 Å². The van der Waals surface area contributed by atoms with E-state index in [4.69, 9.17) is 9.47 Å². The van der Waals surface area contributed by atoms with Crippen LogP contribution in [-0.4, -0.2) is 40.0 Å². The number of anilines is 1. The molecule has 0 fully saturated rings. The largest absolute Gasteiger partial charge is 0.497 e. The number of methoxy groups -OCH3 is 1. The van der Waals surface area contributed by atoms with Crippen molar-refractivity contribution in [3.05, 3.63) is 35.5 Å². The number of amides is 2. The van der Waals surface area contributed by atoms with Gasteiger partial charge >= 0.3 is 6.03 Å². The summed E-state index contributed by atoms with van der Waals surface area (Å²) in [5.74, 6) is 2.18. The van der Waals surface area contributed by atoms with E-state index in [0.717, 1.165) is 35.6 Å². The summed E-state index contributed by atoms with van der Waals surface area (Å²) in [5.41, 5.74) is 1.41. The van der Waals surface area contributed by atoms with Gasteiger partial charge in [0.25, 0.3) is 0 Å². The third-order valence-electron chi connectivity index (χ3n) is 4.55. The molecule has 7 nitrogen and oxygen atoms in total. The number of rotatable bonds is 4. The van der Waals surface area contributed by atoms with E-state index in [1.807, 2.05) is 45.2 Å². The van der Waals surface area contributed by atoms with Crippen LogP contribution < -0.4 is 14.8 Å². The molecule has 3 rings (SSSR count). The highest BCUT2D eigenvalue weighted by Crippen LogP contribution is 2.32. The monoisotopic (exact) mass is 372 g/mol. The van der Waals surface area contributed by atoms with E-state index < -0.39 is 5.60 Å². The fourth-order valence-electron chi connectivity index (χ4n) is 3.29. The van der Waals surface area contributed by atoms with Gasteiger partial charge in [-0.15, -0.1) is 0 Å². The number of aryl methyl sites for hydroxylation is 2. The quantitative estimate of drug-likeness (QED) is 0.891. The summed E-state index contributed by atoms with van der Waals surface area (Å²) >= 11 is 0. The van der Waals surface area contributed by atoms with Crippen LogP contribution in [0.15, 0.2) is 24.3 Å². The van der Waals surface area contributed by atoms with E-state index in [1.165, 1.54) is 0 Å². The number of fused-ring (bicyclic) bond motifs is 1. The average molecular weight is 372 g/mol. The highest BCUT2D eigenvalue weighted by atomic mass is 16.5. The SMILES string of the molecule is CCCc1cc(NC(=O)N2Cc3ccc(OC)cc3OC(C)(C)C2)n(C)n1. The fraction of sp³-hybridized carbons (Fsp3) is 0.500. The van der Waals surface area contributed by atoms with E-state index in [0.29, 0.717) is 18.9 Å². The van der Waals surface area contributed by atoms with Crippen molar-refractivity contribution >= 4 is 11.8 Å². The summed E-state index contributed by atoms with van der Waals surface area (Å²) in [5, 5.41) is 7.43. The molecule has 2 amide bonds. The average Bonchev–Trinajstić information content (AvgIpc) is 2.86. The predicted molar refractivity (Wildman–Crippen MR) is 104 cm³/mol. The first kappa shape index (κ1) is 19.1. The zero-order valence-corrected chi connectivity index (χ0v) is 16.7. The smallest absolute Gasteiger partial charge is 0.323 e. The topological polar surface area (TPSA) is 68.6 Å². The van der Waals surface area contributed by atoms with Crippen molar-refractivity contribution in [3.63, 3.8) is 0 Å². The first-order valence-electron chi connectivity index (χ1n) is 9.26. The Kier molecular flexibility index (Phi) is 5.30. The number of nitrogens with zero attached hydrogens (tertiary/aromatic N) is 3. The van der Waals surface area contributed by atoms with Gasteiger partial charge in [0, 0.05) is 24.7 Å². The number of hydrogen-bond acceptors (Lipinski definition) is 4. The molecular weight excluding hydrogens is 344 g/mol. The van der Waals surface area contributed by atoms with Crippen LogP contribution in [0.1, 0.15) is 38.4 Å². The Morgan fingerprint density at radius 1 is 1.37 bits per heavy atom. The predicted octanol–water partition coefficient (Wildman–Crippen LogP) is 3.59. The lowest BCUT2D eigenvalue weighted by molar-refractivity contribution is 0.0832. The molecule has 1 aromatic carbocycles. The molecule has 1 aliphatic heterocycles. The third-order valence-corrected chi connectivity index (χ3v) is 4.55. The molecule has 7 heteroatoms. The molecule has 2 heterocycles. The number of benzene rings is 1. The highest BCUT2D eigenvalue weighted by Gasteiger charge is 2.32. The summed E-state index contributed by atoms with van der Waals surface area (Å²) in [7, 11) is 3.47. The van der Waals surface area contributed by atoms with E-state index in [2.05, 4.69) is 17.3 Å². The molecule has 0 aliphatic carbocycles. The van der Waals surface area contributed by atoms with Crippen molar-refractivity contribution in [2.75, 3.05) is 19.0 Å². The zero-order valence-electron chi connectivity index (χ0n) is 16.7.